The van der Waals surface area contributed by atoms with Gasteiger partial charge in [0.25, 0.3) is 0 Å². The van der Waals surface area contributed by atoms with E-state index in [9.17, 15) is 5.11 Å². The molecule has 2 aromatic rings. The molecule has 118 valence electrons. The minimum atomic E-state index is -2.22. The zero-order valence-corrected chi connectivity index (χ0v) is 15.0. The summed E-state index contributed by atoms with van der Waals surface area (Å²) >= 11 is 0. The minimum Gasteiger partial charge on any atom is -0.392 e. The van der Waals surface area contributed by atoms with Gasteiger partial charge in [0.05, 0.1) is 6.10 Å². The van der Waals surface area contributed by atoms with Gasteiger partial charge in [0.15, 0.2) is 8.24 Å². The molecule has 22 heavy (non-hydrogen) atoms. The van der Waals surface area contributed by atoms with Crippen LogP contribution < -0.4 is 15.4 Å². The van der Waals surface area contributed by atoms with Crippen LogP contribution in [0, 0.1) is 0 Å². The SMILES string of the molecule is CC(O)CN[Si](c1ccccc1)(c1ccccc1)C(C)(C)C. The molecule has 2 rings (SSSR count). The standard InChI is InChI=1S/C19H27NOSi/c1-16(21)15-20-22(19(2,3)4,17-11-7-5-8-12-17)18-13-9-6-10-14-18/h5-14,16,20-21H,15H2,1-4H3. The average Bonchev–Trinajstić information content (AvgIpc) is 2.48. The molecule has 2 aromatic carbocycles. The third kappa shape index (κ3) is 3.32. The summed E-state index contributed by atoms with van der Waals surface area (Å²) in [7, 11) is -2.22. The molecular weight excluding hydrogens is 286 g/mol. The number of benzene rings is 2. The van der Waals surface area contributed by atoms with E-state index in [0.717, 1.165) is 0 Å². The second kappa shape index (κ2) is 6.78. The predicted molar refractivity (Wildman–Crippen MR) is 97.3 cm³/mol. The minimum absolute atomic E-state index is 0.0740. The molecule has 1 atom stereocenters. The van der Waals surface area contributed by atoms with Crippen molar-refractivity contribution in [3.05, 3.63) is 60.7 Å². The largest absolute Gasteiger partial charge is 0.392 e. The van der Waals surface area contributed by atoms with Gasteiger partial charge in [-0.1, -0.05) is 81.4 Å². The van der Waals surface area contributed by atoms with Gasteiger partial charge in [-0.15, -0.1) is 0 Å². The monoisotopic (exact) mass is 313 g/mol. The maximum Gasteiger partial charge on any atom is 0.195 e. The highest BCUT2D eigenvalue weighted by Gasteiger charge is 2.47. The lowest BCUT2D eigenvalue weighted by atomic mass is 10.2. The van der Waals surface area contributed by atoms with Crippen LogP contribution in [0.5, 0.6) is 0 Å². The Balaban J connectivity index is 2.64. The smallest absolute Gasteiger partial charge is 0.195 e. The predicted octanol–water partition coefficient (Wildman–Crippen LogP) is 2.52. The van der Waals surface area contributed by atoms with Crippen LogP contribution in [0.25, 0.3) is 0 Å². The molecular formula is C19H27NOSi. The lowest BCUT2D eigenvalue weighted by Crippen LogP contribution is -2.74. The molecule has 0 bridgehead atoms. The van der Waals surface area contributed by atoms with Crippen LogP contribution in [0.3, 0.4) is 0 Å². The van der Waals surface area contributed by atoms with Gasteiger partial charge < -0.3 is 10.1 Å². The normalized spacial score (nSPS) is 13.9. The zero-order chi connectivity index (χ0) is 16.2. The summed E-state index contributed by atoms with van der Waals surface area (Å²) in [6.45, 7) is 9.34. The van der Waals surface area contributed by atoms with Crippen molar-refractivity contribution >= 4 is 18.6 Å². The van der Waals surface area contributed by atoms with E-state index in [1.54, 1.807) is 0 Å². The third-order valence-electron chi connectivity index (χ3n) is 4.20. The summed E-state index contributed by atoms with van der Waals surface area (Å²) in [5.74, 6) is 0. The molecule has 2 N–H and O–H groups in total. The molecule has 0 amide bonds. The Hall–Kier alpha value is -1.42. The van der Waals surface area contributed by atoms with Crippen molar-refractivity contribution in [2.75, 3.05) is 6.54 Å². The van der Waals surface area contributed by atoms with E-state index in [1.807, 2.05) is 6.92 Å². The maximum atomic E-state index is 9.83. The first kappa shape index (κ1) is 16.9. The van der Waals surface area contributed by atoms with Gasteiger partial charge in [-0.3, -0.25) is 0 Å². The van der Waals surface area contributed by atoms with Gasteiger partial charge in [0.1, 0.15) is 0 Å². The average molecular weight is 314 g/mol. The second-order valence-electron chi connectivity index (χ2n) is 6.96. The summed E-state index contributed by atoms with van der Waals surface area (Å²) in [6.07, 6.45) is -0.360. The van der Waals surface area contributed by atoms with Crippen LogP contribution >= 0.6 is 0 Å². The van der Waals surface area contributed by atoms with E-state index in [2.05, 4.69) is 86.4 Å². The summed E-state index contributed by atoms with van der Waals surface area (Å²) in [5.41, 5.74) is 0. The van der Waals surface area contributed by atoms with E-state index in [0.29, 0.717) is 6.54 Å². The lowest BCUT2D eigenvalue weighted by molar-refractivity contribution is 0.198. The first-order valence-corrected chi connectivity index (χ1v) is 9.92. The van der Waals surface area contributed by atoms with Crippen LogP contribution in [-0.4, -0.2) is 26.0 Å². The number of rotatable bonds is 5. The highest BCUT2D eigenvalue weighted by atomic mass is 28.3. The first-order chi connectivity index (χ1) is 10.4. The molecule has 2 nitrogen and oxygen atoms in total. The molecule has 0 fully saturated rings. The van der Waals surface area contributed by atoms with Gasteiger partial charge in [-0.2, -0.15) is 0 Å². The van der Waals surface area contributed by atoms with Gasteiger partial charge >= 0.3 is 0 Å². The van der Waals surface area contributed by atoms with Crippen molar-refractivity contribution in [2.24, 2.45) is 0 Å². The Kier molecular flexibility index (Phi) is 5.22. The molecule has 0 aliphatic carbocycles. The van der Waals surface area contributed by atoms with Gasteiger partial charge in [-0.05, 0) is 22.3 Å². The molecule has 1 unspecified atom stereocenters. The molecule has 0 aliphatic rings. The van der Waals surface area contributed by atoms with Crippen LogP contribution in [0.1, 0.15) is 27.7 Å². The third-order valence-corrected chi connectivity index (χ3v) is 9.58. The fourth-order valence-corrected chi connectivity index (χ4v) is 8.17. The van der Waals surface area contributed by atoms with Gasteiger partial charge in [0.2, 0.25) is 0 Å². The van der Waals surface area contributed by atoms with Crippen LogP contribution in [-0.2, 0) is 0 Å². The van der Waals surface area contributed by atoms with Crippen molar-refractivity contribution in [3.63, 3.8) is 0 Å². The summed E-state index contributed by atoms with van der Waals surface area (Å²) in [5, 5.41) is 12.6. The molecule has 3 heteroatoms. The molecule has 0 heterocycles. The van der Waals surface area contributed by atoms with Gasteiger partial charge in [0, 0.05) is 6.54 Å². The number of hydrogen-bond acceptors (Lipinski definition) is 2. The molecule has 0 radical (unpaired) electrons. The molecule has 0 saturated heterocycles. The Morgan fingerprint density at radius 1 is 0.909 bits per heavy atom. The lowest BCUT2D eigenvalue weighted by Gasteiger charge is -2.44. The van der Waals surface area contributed by atoms with E-state index < -0.39 is 8.24 Å². The first-order valence-electron chi connectivity index (χ1n) is 7.92. The molecule has 0 aromatic heterocycles. The fourth-order valence-electron chi connectivity index (χ4n) is 3.18. The number of aliphatic hydroxyl groups excluding tert-OH is 1. The number of aliphatic hydroxyl groups is 1. The Labute approximate surface area is 135 Å². The van der Waals surface area contributed by atoms with Crippen molar-refractivity contribution in [2.45, 2.75) is 38.8 Å². The van der Waals surface area contributed by atoms with E-state index >= 15 is 0 Å². The van der Waals surface area contributed by atoms with Crippen LogP contribution in [0.2, 0.25) is 5.04 Å². The van der Waals surface area contributed by atoms with E-state index in [4.69, 9.17) is 0 Å². The van der Waals surface area contributed by atoms with Crippen molar-refractivity contribution in [3.8, 4) is 0 Å². The highest BCUT2D eigenvalue weighted by Crippen LogP contribution is 2.33. The topological polar surface area (TPSA) is 32.3 Å². The fraction of sp³-hybridized carbons (Fsp3) is 0.368. The number of nitrogens with one attached hydrogen (secondary N) is 1. The molecule has 0 aliphatic heterocycles. The second-order valence-corrected chi connectivity index (χ2v) is 11.5. The summed E-state index contributed by atoms with van der Waals surface area (Å²) in [4.78, 5) is 3.79. The van der Waals surface area contributed by atoms with Crippen LogP contribution in [0.4, 0.5) is 0 Å². The number of hydrogen-bond donors (Lipinski definition) is 2. The summed E-state index contributed by atoms with van der Waals surface area (Å²) in [6, 6.07) is 21.4. The Bertz CT molecular complexity index is 536. The highest BCUT2D eigenvalue weighted by molar-refractivity contribution is 7.02. The van der Waals surface area contributed by atoms with Crippen molar-refractivity contribution in [1.29, 1.82) is 0 Å². The van der Waals surface area contributed by atoms with E-state index in [1.165, 1.54) is 10.4 Å². The quantitative estimate of drug-likeness (QED) is 0.832. The molecule has 0 spiro atoms. The van der Waals surface area contributed by atoms with Crippen molar-refractivity contribution < 1.29 is 5.11 Å². The molecule has 0 saturated carbocycles. The van der Waals surface area contributed by atoms with Gasteiger partial charge in [-0.25, -0.2) is 0 Å². The Morgan fingerprint density at radius 3 is 1.64 bits per heavy atom. The summed E-state index contributed by atoms with van der Waals surface area (Å²) < 4.78 is 0. The van der Waals surface area contributed by atoms with Crippen LogP contribution in [0.15, 0.2) is 60.7 Å². The Morgan fingerprint density at radius 2 is 1.32 bits per heavy atom. The zero-order valence-electron chi connectivity index (χ0n) is 14.0. The van der Waals surface area contributed by atoms with E-state index in [-0.39, 0.29) is 11.1 Å². The van der Waals surface area contributed by atoms with Crippen molar-refractivity contribution in [1.82, 2.24) is 4.98 Å². The maximum absolute atomic E-state index is 9.83.